The van der Waals surface area contributed by atoms with Crippen LogP contribution in [0, 0.1) is 5.92 Å². The summed E-state index contributed by atoms with van der Waals surface area (Å²) in [6.07, 6.45) is 7.04. The first-order chi connectivity index (χ1) is 11.5. The van der Waals surface area contributed by atoms with Gasteiger partial charge in [0.1, 0.15) is 6.04 Å². The van der Waals surface area contributed by atoms with Gasteiger partial charge in [-0.2, -0.15) is 5.10 Å². The average Bonchev–Trinajstić information content (AvgIpc) is 3.00. The Balaban J connectivity index is 0.00000312. The van der Waals surface area contributed by atoms with Gasteiger partial charge in [0.05, 0.1) is 6.20 Å². The van der Waals surface area contributed by atoms with E-state index in [0.29, 0.717) is 25.4 Å². The predicted octanol–water partition coefficient (Wildman–Crippen LogP) is 1.26. The number of nitrogens with one attached hydrogen (secondary N) is 2. The van der Waals surface area contributed by atoms with E-state index in [9.17, 15) is 9.59 Å². The van der Waals surface area contributed by atoms with Crippen molar-refractivity contribution in [3.63, 3.8) is 0 Å². The number of hydrogen-bond acceptors (Lipinski definition) is 4. The molecule has 8 heteroatoms. The van der Waals surface area contributed by atoms with E-state index in [2.05, 4.69) is 15.7 Å². The Morgan fingerprint density at radius 3 is 2.80 bits per heavy atom. The third kappa shape index (κ3) is 6.01. The first kappa shape index (κ1) is 21.4. The van der Waals surface area contributed by atoms with Crippen LogP contribution in [0.1, 0.15) is 44.2 Å². The smallest absolute Gasteiger partial charge is 0.244 e. The maximum atomic E-state index is 12.9. The molecular formula is C17H30ClN5O2. The fourth-order valence-corrected chi connectivity index (χ4v) is 3.21. The van der Waals surface area contributed by atoms with E-state index in [1.54, 1.807) is 17.9 Å². The largest absolute Gasteiger partial charge is 0.356 e. The molecule has 0 aromatic carbocycles. The van der Waals surface area contributed by atoms with E-state index in [4.69, 9.17) is 0 Å². The minimum atomic E-state index is -0.368. The highest BCUT2D eigenvalue weighted by atomic mass is 35.5. The molecule has 2 amide bonds. The van der Waals surface area contributed by atoms with Crippen molar-refractivity contribution >= 4 is 24.2 Å². The van der Waals surface area contributed by atoms with Crippen LogP contribution in [0.15, 0.2) is 12.4 Å². The maximum Gasteiger partial charge on any atom is 0.244 e. The number of likely N-dealkylation sites (N-methyl/N-ethyl adjacent to an activating group) is 1. The zero-order chi connectivity index (χ0) is 17.5. The van der Waals surface area contributed by atoms with Gasteiger partial charge in [-0.05, 0) is 32.2 Å². The van der Waals surface area contributed by atoms with Gasteiger partial charge in [0.25, 0.3) is 0 Å². The summed E-state index contributed by atoms with van der Waals surface area (Å²) in [5, 5.41) is 10.2. The van der Waals surface area contributed by atoms with Gasteiger partial charge in [-0.1, -0.05) is 6.92 Å². The number of nitrogens with zero attached hydrogens (tertiary/aromatic N) is 3. The topological polar surface area (TPSA) is 79.3 Å². The van der Waals surface area contributed by atoms with Crippen molar-refractivity contribution in [2.75, 3.05) is 26.7 Å². The molecule has 1 aliphatic rings. The number of aromatic nitrogens is 2. The van der Waals surface area contributed by atoms with Crippen LogP contribution in [-0.4, -0.2) is 53.2 Å². The van der Waals surface area contributed by atoms with Crippen molar-refractivity contribution in [2.45, 2.75) is 38.6 Å². The molecule has 2 N–H and O–H groups in total. The lowest BCUT2D eigenvalue weighted by atomic mass is 9.96. The fourth-order valence-electron chi connectivity index (χ4n) is 3.21. The SMILES string of the molecule is CCCC(=O)NCC1CCCN(C(=O)C(NC)c2cnn(C)c2)C1.Cl. The van der Waals surface area contributed by atoms with Crippen molar-refractivity contribution in [1.29, 1.82) is 0 Å². The molecule has 0 saturated carbocycles. The third-order valence-electron chi connectivity index (χ3n) is 4.49. The number of carbonyl (C=O) groups excluding carboxylic acids is 2. The van der Waals surface area contributed by atoms with Gasteiger partial charge >= 0.3 is 0 Å². The molecule has 1 saturated heterocycles. The van der Waals surface area contributed by atoms with Crippen molar-refractivity contribution in [1.82, 2.24) is 25.3 Å². The molecule has 7 nitrogen and oxygen atoms in total. The maximum absolute atomic E-state index is 12.9. The second-order valence-electron chi connectivity index (χ2n) is 6.52. The van der Waals surface area contributed by atoms with E-state index in [0.717, 1.165) is 31.4 Å². The number of amides is 2. The molecule has 2 unspecified atom stereocenters. The van der Waals surface area contributed by atoms with E-state index in [-0.39, 0.29) is 30.3 Å². The summed E-state index contributed by atoms with van der Waals surface area (Å²) in [5.74, 6) is 0.509. The zero-order valence-electron chi connectivity index (χ0n) is 15.3. The van der Waals surface area contributed by atoms with Crippen LogP contribution >= 0.6 is 12.4 Å². The number of piperidine rings is 1. The Morgan fingerprint density at radius 1 is 1.44 bits per heavy atom. The molecule has 1 aliphatic heterocycles. The minimum Gasteiger partial charge on any atom is -0.356 e. The van der Waals surface area contributed by atoms with Crippen LogP contribution in [0.3, 0.4) is 0 Å². The molecule has 142 valence electrons. The Morgan fingerprint density at radius 2 is 2.20 bits per heavy atom. The molecule has 0 aliphatic carbocycles. The lowest BCUT2D eigenvalue weighted by Crippen LogP contribution is -2.47. The van der Waals surface area contributed by atoms with Gasteiger partial charge in [-0.15, -0.1) is 12.4 Å². The van der Waals surface area contributed by atoms with Crippen molar-refractivity contribution in [2.24, 2.45) is 13.0 Å². The molecule has 0 bridgehead atoms. The number of likely N-dealkylation sites (tertiary alicyclic amines) is 1. The van der Waals surface area contributed by atoms with Crippen LogP contribution < -0.4 is 10.6 Å². The number of carbonyl (C=O) groups is 2. The highest BCUT2D eigenvalue weighted by molar-refractivity contribution is 5.85. The molecule has 2 atom stereocenters. The summed E-state index contributed by atoms with van der Waals surface area (Å²) in [7, 11) is 3.64. The summed E-state index contributed by atoms with van der Waals surface area (Å²) in [6, 6.07) is -0.368. The summed E-state index contributed by atoms with van der Waals surface area (Å²) in [6.45, 7) is 4.12. The molecule has 25 heavy (non-hydrogen) atoms. The van der Waals surface area contributed by atoms with Gasteiger partial charge in [0.15, 0.2) is 0 Å². The Kier molecular flexibility index (Phi) is 8.92. The number of rotatable bonds is 7. The molecule has 1 aromatic rings. The van der Waals surface area contributed by atoms with E-state index in [1.807, 2.05) is 25.1 Å². The predicted molar refractivity (Wildman–Crippen MR) is 99.5 cm³/mol. The van der Waals surface area contributed by atoms with Crippen molar-refractivity contribution in [3.05, 3.63) is 18.0 Å². The quantitative estimate of drug-likeness (QED) is 0.756. The van der Waals surface area contributed by atoms with E-state index < -0.39 is 0 Å². The average molecular weight is 372 g/mol. The normalized spacial score (nSPS) is 18.4. The highest BCUT2D eigenvalue weighted by Crippen LogP contribution is 2.21. The first-order valence-electron chi connectivity index (χ1n) is 8.76. The summed E-state index contributed by atoms with van der Waals surface area (Å²) >= 11 is 0. The zero-order valence-corrected chi connectivity index (χ0v) is 16.1. The first-order valence-corrected chi connectivity index (χ1v) is 8.76. The van der Waals surface area contributed by atoms with E-state index in [1.165, 1.54) is 0 Å². The Labute approximate surface area is 155 Å². The molecule has 1 aromatic heterocycles. The van der Waals surface area contributed by atoms with Gasteiger partial charge < -0.3 is 15.5 Å². The molecular weight excluding hydrogens is 342 g/mol. The summed E-state index contributed by atoms with van der Waals surface area (Å²) < 4.78 is 1.70. The number of halogens is 1. The standard InChI is InChI=1S/C17H29N5O2.ClH/c1-4-6-15(23)19-9-13-7-5-8-22(11-13)17(24)16(18-2)14-10-20-21(3)12-14;/h10,12-13,16,18H,4-9,11H2,1-3H3,(H,19,23);1H. The number of hydrogen-bond donors (Lipinski definition) is 2. The van der Waals surface area contributed by atoms with Crippen LogP contribution in [0.2, 0.25) is 0 Å². The van der Waals surface area contributed by atoms with Crippen LogP contribution in [-0.2, 0) is 16.6 Å². The van der Waals surface area contributed by atoms with Crippen LogP contribution in [0.4, 0.5) is 0 Å². The molecule has 0 spiro atoms. The van der Waals surface area contributed by atoms with Crippen molar-refractivity contribution in [3.8, 4) is 0 Å². The molecule has 1 fully saturated rings. The van der Waals surface area contributed by atoms with Gasteiger partial charge in [0, 0.05) is 44.9 Å². The Hall–Kier alpha value is -1.60. The highest BCUT2D eigenvalue weighted by Gasteiger charge is 2.29. The van der Waals surface area contributed by atoms with Gasteiger partial charge in [-0.3, -0.25) is 14.3 Å². The lowest BCUT2D eigenvalue weighted by Gasteiger charge is -2.35. The molecule has 0 radical (unpaired) electrons. The second-order valence-corrected chi connectivity index (χ2v) is 6.52. The molecule has 2 rings (SSSR count). The van der Waals surface area contributed by atoms with Crippen LogP contribution in [0.25, 0.3) is 0 Å². The van der Waals surface area contributed by atoms with Gasteiger partial charge in [0.2, 0.25) is 11.8 Å². The van der Waals surface area contributed by atoms with Crippen LogP contribution in [0.5, 0.6) is 0 Å². The van der Waals surface area contributed by atoms with E-state index >= 15 is 0 Å². The Bertz CT molecular complexity index is 563. The summed E-state index contributed by atoms with van der Waals surface area (Å²) in [5.41, 5.74) is 0.878. The fraction of sp³-hybridized carbons (Fsp3) is 0.706. The monoisotopic (exact) mass is 371 g/mol. The molecule has 2 heterocycles. The van der Waals surface area contributed by atoms with Gasteiger partial charge in [-0.25, -0.2) is 0 Å². The lowest BCUT2D eigenvalue weighted by molar-refractivity contribution is -0.135. The van der Waals surface area contributed by atoms with Crippen molar-refractivity contribution < 1.29 is 9.59 Å². The number of aryl methyl sites for hydroxylation is 1. The third-order valence-corrected chi connectivity index (χ3v) is 4.49. The second kappa shape index (κ2) is 10.4. The minimum absolute atomic E-state index is 0. The summed E-state index contributed by atoms with van der Waals surface area (Å²) in [4.78, 5) is 26.4.